The van der Waals surface area contributed by atoms with E-state index in [0.29, 0.717) is 23.0 Å². The van der Waals surface area contributed by atoms with Gasteiger partial charge in [-0.1, -0.05) is 11.5 Å². The van der Waals surface area contributed by atoms with E-state index in [1.165, 1.54) is 38.5 Å². The molecule has 1 heterocycles. The molecule has 0 saturated heterocycles. The van der Waals surface area contributed by atoms with Crippen LogP contribution in [-0.4, -0.2) is 36.6 Å². The van der Waals surface area contributed by atoms with Gasteiger partial charge in [-0.3, -0.25) is 4.79 Å². The van der Waals surface area contributed by atoms with Gasteiger partial charge in [0.1, 0.15) is 7.85 Å². The van der Waals surface area contributed by atoms with E-state index >= 15 is 0 Å². The van der Waals surface area contributed by atoms with Crippen LogP contribution < -0.4 is 10.8 Å². The number of carbonyl (C=O) groups is 1. The van der Waals surface area contributed by atoms with Crippen molar-refractivity contribution in [3.8, 4) is 0 Å². The summed E-state index contributed by atoms with van der Waals surface area (Å²) in [5.41, 5.74) is 3.59. The quantitative estimate of drug-likeness (QED) is 0.814. The zero-order valence-corrected chi connectivity index (χ0v) is 15.6. The number of aliphatic hydroxyl groups is 1. The first-order chi connectivity index (χ1) is 12.5. The maximum Gasteiger partial charge on any atom is 0.253 e. The van der Waals surface area contributed by atoms with Gasteiger partial charge in [0.05, 0.1) is 12.2 Å². The van der Waals surface area contributed by atoms with Crippen molar-refractivity contribution >= 4 is 30.1 Å². The standard InChI is InChI=1S/C21H27BN2O2/c1-14-10-16(22)11-18-19(14)17(12-24(18)8-9-25)20(26)23-13-21-5-2-15(3-6-21)4-7-21/h10-12,15,25H,2-9,13H2,1H3,(H,23,26). The number of aryl methyl sites for hydroxylation is 1. The molecule has 1 aromatic heterocycles. The highest BCUT2D eigenvalue weighted by Crippen LogP contribution is 2.49. The summed E-state index contributed by atoms with van der Waals surface area (Å²) >= 11 is 0. The lowest BCUT2D eigenvalue weighted by Crippen LogP contribution is -2.43. The normalized spacial score (nSPS) is 24.9. The molecule has 0 atom stereocenters. The number of benzene rings is 1. The molecule has 0 spiro atoms. The van der Waals surface area contributed by atoms with Crippen LogP contribution in [0.25, 0.3) is 10.9 Å². The van der Waals surface area contributed by atoms with Crippen molar-refractivity contribution in [2.45, 2.75) is 52.0 Å². The van der Waals surface area contributed by atoms with Gasteiger partial charge >= 0.3 is 0 Å². The third-order valence-corrected chi connectivity index (χ3v) is 6.66. The minimum absolute atomic E-state index is 0.0124. The monoisotopic (exact) mass is 350 g/mol. The van der Waals surface area contributed by atoms with Crippen molar-refractivity contribution in [2.75, 3.05) is 13.2 Å². The van der Waals surface area contributed by atoms with E-state index in [0.717, 1.165) is 28.9 Å². The Bertz CT molecular complexity index is 820. The SMILES string of the molecule is [B]c1cc(C)c2c(C(=O)NCC34CCC(CC3)CC4)cn(CCO)c2c1. The van der Waals surface area contributed by atoms with Crippen LogP contribution in [0.15, 0.2) is 18.3 Å². The van der Waals surface area contributed by atoms with Gasteiger partial charge in [0, 0.05) is 30.2 Å². The summed E-state index contributed by atoms with van der Waals surface area (Å²) < 4.78 is 1.93. The molecule has 5 heteroatoms. The van der Waals surface area contributed by atoms with E-state index in [-0.39, 0.29) is 12.5 Å². The Balaban J connectivity index is 1.60. The molecule has 2 N–H and O–H groups in total. The minimum atomic E-state index is -0.0124. The van der Waals surface area contributed by atoms with Crippen molar-refractivity contribution in [1.29, 1.82) is 0 Å². The zero-order valence-electron chi connectivity index (χ0n) is 15.6. The molecule has 2 aromatic rings. The van der Waals surface area contributed by atoms with Crippen LogP contribution in [0.2, 0.25) is 0 Å². The smallest absolute Gasteiger partial charge is 0.253 e. The molecule has 3 fully saturated rings. The largest absolute Gasteiger partial charge is 0.395 e. The maximum atomic E-state index is 13.0. The van der Waals surface area contributed by atoms with Gasteiger partial charge < -0.3 is 15.0 Å². The summed E-state index contributed by atoms with van der Waals surface area (Å²) in [6.45, 7) is 3.25. The molecule has 4 nitrogen and oxygen atoms in total. The Morgan fingerprint density at radius 1 is 1.31 bits per heavy atom. The van der Waals surface area contributed by atoms with Gasteiger partial charge in [-0.25, -0.2) is 0 Å². The molecule has 136 valence electrons. The second kappa shape index (κ2) is 6.77. The van der Waals surface area contributed by atoms with Crippen LogP contribution in [0.4, 0.5) is 0 Å². The number of hydrogen-bond donors (Lipinski definition) is 2. The number of rotatable bonds is 5. The number of nitrogens with one attached hydrogen (secondary N) is 1. The topological polar surface area (TPSA) is 54.3 Å². The molecule has 2 bridgehead atoms. The Morgan fingerprint density at radius 3 is 2.65 bits per heavy atom. The molecule has 3 aliphatic rings. The first-order valence-corrected chi connectivity index (χ1v) is 9.79. The van der Waals surface area contributed by atoms with Crippen molar-refractivity contribution in [1.82, 2.24) is 9.88 Å². The van der Waals surface area contributed by atoms with E-state index in [2.05, 4.69) is 5.32 Å². The van der Waals surface area contributed by atoms with Gasteiger partial charge in [0.15, 0.2) is 0 Å². The molecule has 1 aromatic carbocycles. The molecule has 2 radical (unpaired) electrons. The lowest BCUT2D eigenvalue weighted by atomic mass is 9.61. The van der Waals surface area contributed by atoms with Crippen LogP contribution in [0.5, 0.6) is 0 Å². The van der Waals surface area contributed by atoms with E-state index in [1.54, 1.807) is 0 Å². The first kappa shape index (κ1) is 17.7. The number of aliphatic hydroxyl groups excluding tert-OH is 1. The highest BCUT2D eigenvalue weighted by molar-refractivity contribution is 6.33. The van der Waals surface area contributed by atoms with Gasteiger partial charge in [0.25, 0.3) is 5.91 Å². The lowest BCUT2D eigenvalue weighted by Gasteiger charge is -2.46. The predicted octanol–water partition coefficient (Wildman–Crippen LogP) is 2.44. The van der Waals surface area contributed by atoms with Crippen LogP contribution >= 0.6 is 0 Å². The molecule has 3 saturated carbocycles. The Kier molecular flexibility index (Phi) is 4.60. The fraction of sp³-hybridized carbons (Fsp3) is 0.571. The molecular weight excluding hydrogens is 323 g/mol. The second-order valence-electron chi connectivity index (χ2n) is 8.36. The summed E-state index contributed by atoms with van der Waals surface area (Å²) in [5.74, 6) is 0.916. The van der Waals surface area contributed by atoms with E-state index in [1.807, 2.05) is 29.8 Å². The third kappa shape index (κ3) is 3.07. The number of fused-ring (bicyclic) bond motifs is 4. The maximum absolute atomic E-state index is 13.0. The number of nitrogens with zero attached hydrogens (tertiary/aromatic N) is 1. The summed E-state index contributed by atoms with van der Waals surface area (Å²) in [6.07, 6.45) is 9.58. The van der Waals surface area contributed by atoms with Gasteiger partial charge in [-0.15, -0.1) is 0 Å². The molecule has 3 aliphatic carbocycles. The van der Waals surface area contributed by atoms with Crippen LogP contribution in [-0.2, 0) is 6.54 Å². The van der Waals surface area contributed by atoms with Gasteiger partial charge in [-0.2, -0.15) is 0 Å². The van der Waals surface area contributed by atoms with Crippen molar-refractivity contribution in [3.63, 3.8) is 0 Å². The Labute approximate surface area is 156 Å². The first-order valence-electron chi connectivity index (χ1n) is 9.79. The molecule has 5 rings (SSSR count). The number of hydrogen-bond acceptors (Lipinski definition) is 2. The van der Waals surface area contributed by atoms with Crippen molar-refractivity contribution < 1.29 is 9.90 Å². The molecule has 1 amide bonds. The number of carbonyl (C=O) groups excluding carboxylic acids is 1. The second-order valence-corrected chi connectivity index (χ2v) is 8.36. The number of amides is 1. The highest BCUT2D eigenvalue weighted by atomic mass is 16.3. The third-order valence-electron chi connectivity index (χ3n) is 6.66. The zero-order chi connectivity index (χ0) is 18.3. The van der Waals surface area contributed by atoms with Crippen molar-refractivity contribution in [3.05, 3.63) is 29.5 Å². The minimum Gasteiger partial charge on any atom is -0.395 e. The molecular formula is C21H27BN2O2. The number of aromatic nitrogens is 1. The fourth-order valence-electron chi connectivity index (χ4n) is 5.09. The van der Waals surface area contributed by atoms with E-state index < -0.39 is 0 Å². The summed E-state index contributed by atoms with van der Waals surface area (Å²) in [4.78, 5) is 13.0. The van der Waals surface area contributed by atoms with Gasteiger partial charge in [0.2, 0.25) is 0 Å². The Morgan fingerprint density at radius 2 is 2.00 bits per heavy atom. The molecule has 0 aliphatic heterocycles. The van der Waals surface area contributed by atoms with Gasteiger partial charge in [-0.05, 0) is 68.4 Å². The van der Waals surface area contributed by atoms with E-state index in [4.69, 9.17) is 7.85 Å². The summed E-state index contributed by atoms with van der Waals surface area (Å²) in [6, 6.07) is 3.79. The molecule has 26 heavy (non-hydrogen) atoms. The van der Waals surface area contributed by atoms with Crippen LogP contribution in [0.3, 0.4) is 0 Å². The molecule has 0 unspecified atom stereocenters. The predicted molar refractivity (Wildman–Crippen MR) is 105 cm³/mol. The summed E-state index contributed by atoms with van der Waals surface area (Å²) in [5, 5.41) is 13.5. The average Bonchev–Trinajstić information content (AvgIpc) is 3.00. The van der Waals surface area contributed by atoms with E-state index in [9.17, 15) is 9.90 Å². The van der Waals surface area contributed by atoms with Crippen molar-refractivity contribution in [2.24, 2.45) is 11.3 Å². The average molecular weight is 350 g/mol. The lowest BCUT2D eigenvalue weighted by molar-refractivity contribution is 0.0598. The highest BCUT2D eigenvalue weighted by Gasteiger charge is 2.40. The fourth-order valence-corrected chi connectivity index (χ4v) is 5.09. The Hall–Kier alpha value is -1.75. The van der Waals surface area contributed by atoms with Crippen LogP contribution in [0.1, 0.15) is 54.4 Å². The van der Waals surface area contributed by atoms with Crippen LogP contribution in [0, 0.1) is 18.3 Å². The summed E-state index contributed by atoms with van der Waals surface area (Å²) in [7, 11) is 5.99.